The summed E-state index contributed by atoms with van der Waals surface area (Å²) in [6.45, 7) is 0. The molecule has 88 valence electrons. The zero-order valence-electron chi connectivity index (χ0n) is 8.60. The normalized spacial score (nSPS) is 22.8. The third-order valence-corrected chi connectivity index (χ3v) is 2.86. The average Bonchev–Trinajstić information content (AvgIpc) is 2.93. The lowest BCUT2D eigenvalue weighted by Gasteiger charge is -1.89. The first-order chi connectivity index (χ1) is 8.06. The van der Waals surface area contributed by atoms with E-state index in [2.05, 4.69) is 19.9 Å². The van der Waals surface area contributed by atoms with Gasteiger partial charge in [-0.3, -0.25) is 14.6 Å². The number of nitrogen functional groups attached to an aromatic ring is 1. The number of hydrogen-bond donors (Lipinski definition) is 4. The number of nitrogens with two attached hydrogens (primary N) is 1. The van der Waals surface area contributed by atoms with E-state index in [1.807, 2.05) is 0 Å². The number of aromatic amines is 2. The fourth-order valence-electron chi connectivity index (χ4n) is 1.89. The number of carboxylic acid groups (broad SMARTS) is 1. The van der Waals surface area contributed by atoms with Gasteiger partial charge in [0, 0.05) is 5.92 Å². The maximum Gasteiger partial charge on any atom is 0.307 e. The minimum atomic E-state index is -0.850. The molecule has 3 rings (SSSR count). The van der Waals surface area contributed by atoms with Gasteiger partial charge in [0.25, 0.3) is 5.56 Å². The van der Waals surface area contributed by atoms with E-state index in [1.165, 1.54) is 0 Å². The predicted molar refractivity (Wildman–Crippen MR) is 57.4 cm³/mol. The standard InChI is InChI=1S/C9H9N5O3/c10-9-13-6-4(7(15)14-9)11-5(12-6)2-1-3(2)8(16)17/h2-3H,1H2,(H,16,17)(H4,10,11,12,13,14,15). The topological polar surface area (TPSA) is 138 Å². The Balaban J connectivity index is 2.07. The summed E-state index contributed by atoms with van der Waals surface area (Å²) in [4.78, 5) is 35.4. The van der Waals surface area contributed by atoms with Crippen molar-refractivity contribution in [3.8, 4) is 0 Å². The summed E-state index contributed by atoms with van der Waals surface area (Å²) in [6.07, 6.45) is 0.530. The molecule has 1 aliphatic carbocycles. The molecule has 0 aromatic carbocycles. The van der Waals surface area contributed by atoms with E-state index in [1.54, 1.807) is 0 Å². The van der Waals surface area contributed by atoms with Crippen molar-refractivity contribution in [1.82, 2.24) is 19.9 Å². The molecule has 2 heterocycles. The Labute approximate surface area is 93.9 Å². The summed E-state index contributed by atoms with van der Waals surface area (Å²) < 4.78 is 0. The Kier molecular flexibility index (Phi) is 1.77. The molecule has 2 aromatic heterocycles. The molecule has 0 amide bonds. The van der Waals surface area contributed by atoms with Crippen molar-refractivity contribution < 1.29 is 9.90 Å². The lowest BCUT2D eigenvalue weighted by atomic mass is 10.3. The smallest absolute Gasteiger partial charge is 0.307 e. The fraction of sp³-hybridized carbons (Fsp3) is 0.333. The molecule has 0 saturated heterocycles. The molecule has 2 unspecified atom stereocenters. The second-order valence-corrected chi connectivity index (χ2v) is 4.06. The molecular formula is C9H9N5O3. The second kappa shape index (κ2) is 3.06. The summed E-state index contributed by atoms with van der Waals surface area (Å²) in [6, 6.07) is 0. The van der Waals surface area contributed by atoms with Crippen molar-refractivity contribution in [2.75, 3.05) is 5.73 Å². The minimum Gasteiger partial charge on any atom is -0.481 e. The van der Waals surface area contributed by atoms with Gasteiger partial charge in [-0.2, -0.15) is 4.98 Å². The Morgan fingerprint density at radius 1 is 1.41 bits per heavy atom. The summed E-state index contributed by atoms with van der Waals surface area (Å²) in [5.41, 5.74) is 5.43. The molecule has 8 heteroatoms. The van der Waals surface area contributed by atoms with Gasteiger partial charge in [-0.1, -0.05) is 0 Å². The first-order valence-corrected chi connectivity index (χ1v) is 5.04. The van der Waals surface area contributed by atoms with E-state index < -0.39 is 17.4 Å². The van der Waals surface area contributed by atoms with Gasteiger partial charge >= 0.3 is 5.97 Å². The largest absolute Gasteiger partial charge is 0.481 e. The SMILES string of the molecule is Nc1nc2nc(C3CC3C(=O)O)[nH]c2c(=O)[nH]1. The highest BCUT2D eigenvalue weighted by Crippen LogP contribution is 2.46. The number of nitrogens with zero attached hydrogens (tertiary/aromatic N) is 2. The predicted octanol–water partition coefficient (Wildman–Crippen LogP) is -0.583. The Morgan fingerprint density at radius 2 is 2.18 bits per heavy atom. The first kappa shape index (κ1) is 9.82. The lowest BCUT2D eigenvalue weighted by Crippen LogP contribution is -2.10. The summed E-state index contributed by atoms with van der Waals surface area (Å²) in [7, 11) is 0. The van der Waals surface area contributed by atoms with Crippen molar-refractivity contribution in [1.29, 1.82) is 0 Å². The molecule has 8 nitrogen and oxygen atoms in total. The zero-order valence-corrected chi connectivity index (χ0v) is 8.60. The van der Waals surface area contributed by atoms with Gasteiger partial charge in [0.2, 0.25) is 5.95 Å². The van der Waals surface area contributed by atoms with Gasteiger partial charge in [0.1, 0.15) is 5.82 Å². The Hall–Kier alpha value is -2.38. The van der Waals surface area contributed by atoms with Gasteiger partial charge in [0.05, 0.1) is 5.92 Å². The van der Waals surface area contributed by atoms with Crippen molar-refractivity contribution in [2.45, 2.75) is 12.3 Å². The average molecular weight is 235 g/mol. The minimum absolute atomic E-state index is 0.00821. The van der Waals surface area contributed by atoms with E-state index in [4.69, 9.17) is 10.8 Å². The number of fused-ring (bicyclic) bond motifs is 1. The Bertz CT molecular complexity index is 673. The summed E-state index contributed by atoms with van der Waals surface area (Å²) in [5, 5.41) is 8.81. The van der Waals surface area contributed by atoms with Crippen LogP contribution in [-0.4, -0.2) is 31.0 Å². The molecule has 0 spiro atoms. The van der Waals surface area contributed by atoms with Crippen molar-refractivity contribution in [3.05, 3.63) is 16.2 Å². The number of aromatic nitrogens is 4. The third-order valence-electron chi connectivity index (χ3n) is 2.86. The van der Waals surface area contributed by atoms with Crippen LogP contribution in [0.2, 0.25) is 0 Å². The number of anilines is 1. The quantitative estimate of drug-likeness (QED) is 0.549. The summed E-state index contributed by atoms with van der Waals surface area (Å²) in [5.74, 6) is -0.965. The Morgan fingerprint density at radius 3 is 2.82 bits per heavy atom. The van der Waals surface area contributed by atoms with Crippen LogP contribution in [0.1, 0.15) is 18.2 Å². The lowest BCUT2D eigenvalue weighted by molar-refractivity contribution is -0.138. The molecule has 2 atom stereocenters. The zero-order chi connectivity index (χ0) is 12.2. The highest BCUT2D eigenvalue weighted by molar-refractivity contribution is 5.76. The van der Waals surface area contributed by atoms with Gasteiger partial charge in [0.15, 0.2) is 11.2 Å². The van der Waals surface area contributed by atoms with Crippen LogP contribution in [0.15, 0.2) is 4.79 Å². The second-order valence-electron chi connectivity index (χ2n) is 4.06. The number of rotatable bonds is 2. The maximum absolute atomic E-state index is 11.5. The van der Waals surface area contributed by atoms with Gasteiger partial charge in [-0.05, 0) is 6.42 Å². The maximum atomic E-state index is 11.5. The van der Waals surface area contributed by atoms with E-state index >= 15 is 0 Å². The molecule has 0 aliphatic heterocycles. The number of imidazole rings is 1. The molecule has 1 fully saturated rings. The van der Waals surface area contributed by atoms with Crippen molar-refractivity contribution in [2.24, 2.45) is 5.92 Å². The number of hydrogen-bond acceptors (Lipinski definition) is 5. The number of nitrogens with one attached hydrogen (secondary N) is 2. The molecular weight excluding hydrogens is 226 g/mol. The highest BCUT2D eigenvalue weighted by Gasteiger charge is 2.46. The highest BCUT2D eigenvalue weighted by atomic mass is 16.4. The van der Waals surface area contributed by atoms with Crippen LogP contribution in [0.3, 0.4) is 0 Å². The van der Waals surface area contributed by atoms with Gasteiger partial charge in [-0.25, -0.2) is 4.98 Å². The van der Waals surface area contributed by atoms with Crippen LogP contribution < -0.4 is 11.3 Å². The van der Waals surface area contributed by atoms with E-state index in [-0.39, 0.29) is 23.0 Å². The van der Waals surface area contributed by atoms with Gasteiger partial charge < -0.3 is 15.8 Å². The van der Waals surface area contributed by atoms with Crippen molar-refractivity contribution in [3.63, 3.8) is 0 Å². The van der Waals surface area contributed by atoms with Crippen LogP contribution in [0.25, 0.3) is 11.2 Å². The van der Waals surface area contributed by atoms with Crippen molar-refractivity contribution >= 4 is 23.1 Å². The molecule has 5 N–H and O–H groups in total. The molecule has 2 aromatic rings. The number of H-pyrrole nitrogens is 2. The van der Waals surface area contributed by atoms with Crippen LogP contribution in [0.4, 0.5) is 5.95 Å². The third kappa shape index (κ3) is 1.45. The molecule has 17 heavy (non-hydrogen) atoms. The first-order valence-electron chi connectivity index (χ1n) is 5.04. The van der Waals surface area contributed by atoms with Crippen LogP contribution in [-0.2, 0) is 4.79 Å². The molecule has 1 saturated carbocycles. The summed E-state index contributed by atoms with van der Waals surface area (Å²) >= 11 is 0. The van der Waals surface area contributed by atoms with E-state index in [0.717, 1.165) is 0 Å². The van der Waals surface area contributed by atoms with Crippen LogP contribution >= 0.6 is 0 Å². The monoisotopic (exact) mass is 235 g/mol. The number of carbonyl (C=O) groups is 1. The van der Waals surface area contributed by atoms with Crippen LogP contribution in [0, 0.1) is 5.92 Å². The van der Waals surface area contributed by atoms with E-state index in [0.29, 0.717) is 12.2 Å². The van der Waals surface area contributed by atoms with E-state index in [9.17, 15) is 9.59 Å². The molecule has 1 aliphatic rings. The number of aliphatic carboxylic acids is 1. The van der Waals surface area contributed by atoms with Gasteiger partial charge in [-0.15, -0.1) is 0 Å². The molecule has 0 bridgehead atoms. The number of carboxylic acids is 1. The molecule has 0 radical (unpaired) electrons. The van der Waals surface area contributed by atoms with Crippen LogP contribution in [0.5, 0.6) is 0 Å². The fourth-order valence-corrected chi connectivity index (χ4v) is 1.89.